The van der Waals surface area contributed by atoms with Gasteiger partial charge < -0.3 is 5.11 Å². The van der Waals surface area contributed by atoms with Crippen molar-refractivity contribution in [3.05, 3.63) is 41.7 Å². The number of carboxylic acid groups (broad SMARTS) is 1. The van der Waals surface area contributed by atoms with Crippen LogP contribution in [0.25, 0.3) is 12.2 Å². The Bertz CT molecular complexity index is 533. The van der Waals surface area contributed by atoms with E-state index in [2.05, 4.69) is 15.5 Å². The van der Waals surface area contributed by atoms with Crippen LogP contribution in [0.2, 0.25) is 0 Å². The molecule has 6 nitrogen and oxygen atoms in total. The maximum Gasteiger partial charge on any atom is 0.325 e. The molecular formula is C11H10N4O2. The number of benzene rings is 1. The van der Waals surface area contributed by atoms with E-state index < -0.39 is 5.97 Å². The first kappa shape index (κ1) is 11.0. The number of carboxylic acids is 1. The fourth-order valence-corrected chi connectivity index (χ4v) is 1.31. The third kappa shape index (κ3) is 2.97. The molecule has 0 aliphatic rings. The van der Waals surface area contributed by atoms with Gasteiger partial charge in [-0.1, -0.05) is 36.4 Å². The number of hydrogen-bond acceptors (Lipinski definition) is 4. The van der Waals surface area contributed by atoms with Gasteiger partial charge in [0.05, 0.1) is 0 Å². The van der Waals surface area contributed by atoms with Crippen LogP contribution in [0.4, 0.5) is 0 Å². The molecule has 0 spiro atoms. The Labute approximate surface area is 97.2 Å². The van der Waals surface area contributed by atoms with Gasteiger partial charge in [-0.25, -0.2) is 4.68 Å². The van der Waals surface area contributed by atoms with E-state index in [0.717, 1.165) is 5.56 Å². The minimum absolute atomic E-state index is 0.249. The summed E-state index contributed by atoms with van der Waals surface area (Å²) in [5.41, 5.74) is 0.998. The van der Waals surface area contributed by atoms with E-state index in [9.17, 15) is 4.79 Å². The maximum absolute atomic E-state index is 10.6. The molecule has 2 aromatic rings. The van der Waals surface area contributed by atoms with Crippen LogP contribution in [0, 0.1) is 0 Å². The van der Waals surface area contributed by atoms with Gasteiger partial charge in [0.1, 0.15) is 6.54 Å². The molecule has 0 aliphatic heterocycles. The van der Waals surface area contributed by atoms with Gasteiger partial charge >= 0.3 is 5.97 Å². The van der Waals surface area contributed by atoms with Crippen LogP contribution in [0.3, 0.4) is 0 Å². The van der Waals surface area contributed by atoms with Gasteiger partial charge in [-0.2, -0.15) is 0 Å². The van der Waals surface area contributed by atoms with Gasteiger partial charge in [-0.15, -0.1) is 5.10 Å². The van der Waals surface area contributed by atoms with Crippen LogP contribution in [-0.4, -0.2) is 31.3 Å². The first-order valence-electron chi connectivity index (χ1n) is 4.97. The van der Waals surface area contributed by atoms with E-state index in [4.69, 9.17) is 5.11 Å². The van der Waals surface area contributed by atoms with E-state index in [1.165, 1.54) is 4.68 Å². The van der Waals surface area contributed by atoms with Crippen molar-refractivity contribution in [2.24, 2.45) is 0 Å². The Balaban J connectivity index is 2.16. The average Bonchev–Trinajstić information content (AvgIpc) is 2.74. The molecular weight excluding hydrogens is 220 g/mol. The normalized spacial score (nSPS) is 10.8. The third-order valence-corrected chi connectivity index (χ3v) is 2.07. The highest BCUT2D eigenvalue weighted by molar-refractivity contribution is 5.69. The van der Waals surface area contributed by atoms with E-state index in [0.29, 0.717) is 5.82 Å². The number of aliphatic carboxylic acids is 1. The first-order valence-corrected chi connectivity index (χ1v) is 4.97. The molecule has 1 aromatic heterocycles. The zero-order chi connectivity index (χ0) is 12.1. The van der Waals surface area contributed by atoms with Crippen molar-refractivity contribution in [3.63, 3.8) is 0 Å². The highest BCUT2D eigenvalue weighted by Crippen LogP contribution is 2.04. The largest absolute Gasteiger partial charge is 0.480 e. The fraction of sp³-hybridized carbons (Fsp3) is 0.0909. The standard InChI is InChI=1S/C11H10N4O2/c16-11(17)8-15-10(12-13-14-15)7-6-9-4-2-1-3-5-9/h1-7H,8H2,(H,16,17). The van der Waals surface area contributed by atoms with Gasteiger partial charge in [0.15, 0.2) is 5.82 Å². The van der Waals surface area contributed by atoms with Crippen LogP contribution in [0.1, 0.15) is 11.4 Å². The van der Waals surface area contributed by atoms with E-state index in [1.807, 2.05) is 36.4 Å². The molecule has 0 bridgehead atoms. The van der Waals surface area contributed by atoms with Crippen LogP contribution in [0.5, 0.6) is 0 Å². The molecule has 0 amide bonds. The predicted molar refractivity (Wildman–Crippen MR) is 60.8 cm³/mol. The van der Waals surface area contributed by atoms with Crippen LogP contribution < -0.4 is 0 Å². The SMILES string of the molecule is O=C(O)Cn1nnnc1C=Cc1ccccc1. The Morgan fingerprint density at radius 2 is 2.06 bits per heavy atom. The second-order valence-electron chi connectivity index (χ2n) is 3.33. The fourth-order valence-electron chi connectivity index (χ4n) is 1.31. The van der Waals surface area contributed by atoms with Crippen LogP contribution >= 0.6 is 0 Å². The molecule has 0 saturated carbocycles. The molecule has 0 saturated heterocycles. The third-order valence-electron chi connectivity index (χ3n) is 2.07. The number of hydrogen-bond donors (Lipinski definition) is 1. The van der Waals surface area contributed by atoms with Crippen molar-refractivity contribution >= 4 is 18.1 Å². The summed E-state index contributed by atoms with van der Waals surface area (Å²) in [7, 11) is 0. The highest BCUT2D eigenvalue weighted by Gasteiger charge is 2.05. The molecule has 17 heavy (non-hydrogen) atoms. The number of aromatic nitrogens is 4. The average molecular weight is 230 g/mol. The molecule has 0 atom stereocenters. The van der Waals surface area contributed by atoms with Crippen molar-refractivity contribution in [3.8, 4) is 0 Å². The summed E-state index contributed by atoms with van der Waals surface area (Å²) in [5, 5.41) is 19.4. The lowest BCUT2D eigenvalue weighted by atomic mass is 10.2. The zero-order valence-electron chi connectivity index (χ0n) is 8.89. The van der Waals surface area contributed by atoms with Crippen molar-refractivity contribution in [2.75, 3.05) is 0 Å². The van der Waals surface area contributed by atoms with Gasteiger partial charge in [-0.05, 0) is 22.1 Å². The lowest BCUT2D eigenvalue weighted by molar-refractivity contribution is -0.137. The Morgan fingerprint density at radius 1 is 1.29 bits per heavy atom. The van der Waals surface area contributed by atoms with E-state index >= 15 is 0 Å². The van der Waals surface area contributed by atoms with Crippen molar-refractivity contribution in [2.45, 2.75) is 6.54 Å². The van der Waals surface area contributed by atoms with Crippen molar-refractivity contribution in [1.29, 1.82) is 0 Å². The molecule has 86 valence electrons. The molecule has 6 heteroatoms. The zero-order valence-corrected chi connectivity index (χ0v) is 8.89. The first-order chi connectivity index (χ1) is 8.25. The predicted octanol–water partition coefficient (Wildman–Crippen LogP) is 0.928. The number of carbonyl (C=O) groups is 1. The second-order valence-corrected chi connectivity index (χ2v) is 3.33. The number of tetrazole rings is 1. The topological polar surface area (TPSA) is 80.9 Å². The Hall–Kier alpha value is -2.50. The monoisotopic (exact) mass is 230 g/mol. The summed E-state index contributed by atoms with van der Waals surface area (Å²) in [6.07, 6.45) is 3.50. The second kappa shape index (κ2) is 5.02. The summed E-state index contributed by atoms with van der Waals surface area (Å²) in [4.78, 5) is 10.6. The lowest BCUT2D eigenvalue weighted by Gasteiger charge is -1.96. The molecule has 0 fully saturated rings. The molecule has 1 heterocycles. The summed E-state index contributed by atoms with van der Waals surface area (Å²) >= 11 is 0. The number of rotatable bonds is 4. The van der Waals surface area contributed by atoms with Crippen LogP contribution in [-0.2, 0) is 11.3 Å². The van der Waals surface area contributed by atoms with Crippen molar-refractivity contribution in [1.82, 2.24) is 20.2 Å². The summed E-state index contributed by atoms with van der Waals surface area (Å²) in [6.45, 7) is -0.249. The highest BCUT2D eigenvalue weighted by atomic mass is 16.4. The lowest BCUT2D eigenvalue weighted by Crippen LogP contribution is -2.11. The van der Waals surface area contributed by atoms with Gasteiger partial charge in [0, 0.05) is 0 Å². The maximum atomic E-state index is 10.6. The molecule has 0 aliphatic carbocycles. The molecule has 0 radical (unpaired) electrons. The van der Waals surface area contributed by atoms with E-state index in [-0.39, 0.29) is 6.54 Å². The van der Waals surface area contributed by atoms with Crippen LogP contribution in [0.15, 0.2) is 30.3 Å². The Morgan fingerprint density at radius 3 is 2.76 bits per heavy atom. The minimum atomic E-state index is -0.980. The molecule has 1 aromatic carbocycles. The summed E-state index contributed by atoms with van der Waals surface area (Å²) in [6, 6.07) is 9.62. The number of nitrogens with zero attached hydrogens (tertiary/aromatic N) is 4. The van der Waals surface area contributed by atoms with Gasteiger partial charge in [-0.3, -0.25) is 4.79 Å². The molecule has 2 rings (SSSR count). The van der Waals surface area contributed by atoms with Crippen molar-refractivity contribution < 1.29 is 9.90 Å². The quantitative estimate of drug-likeness (QED) is 0.844. The molecule has 0 unspecified atom stereocenters. The van der Waals surface area contributed by atoms with Gasteiger partial charge in [0.25, 0.3) is 0 Å². The van der Waals surface area contributed by atoms with Gasteiger partial charge in [0.2, 0.25) is 0 Å². The molecule has 1 N–H and O–H groups in total. The minimum Gasteiger partial charge on any atom is -0.480 e. The summed E-state index contributed by atoms with van der Waals surface area (Å²) in [5.74, 6) is -0.567. The smallest absolute Gasteiger partial charge is 0.325 e. The summed E-state index contributed by atoms with van der Waals surface area (Å²) < 4.78 is 1.22. The Kier molecular flexibility index (Phi) is 3.25. The van der Waals surface area contributed by atoms with E-state index in [1.54, 1.807) is 6.08 Å².